The molecule has 1 heterocycles. The summed E-state index contributed by atoms with van der Waals surface area (Å²) in [4.78, 5) is 0. The Labute approximate surface area is 216 Å². The zero-order valence-corrected chi connectivity index (χ0v) is 21.9. The maximum atomic E-state index is 6.08. The van der Waals surface area contributed by atoms with Crippen LogP contribution in [0.25, 0.3) is 11.1 Å². The van der Waals surface area contributed by atoms with Gasteiger partial charge in [-0.15, -0.1) is 0 Å². The van der Waals surface area contributed by atoms with Crippen LogP contribution in [-0.2, 0) is 6.42 Å². The molecule has 0 fully saturated rings. The van der Waals surface area contributed by atoms with Gasteiger partial charge in [0.2, 0.25) is 0 Å². The number of hydrogen-bond acceptors (Lipinski definition) is 1. The first-order chi connectivity index (χ1) is 17.3. The lowest BCUT2D eigenvalue weighted by molar-refractivity contribution is 0.358. The van der Waals surface area contributed by atoms with Gasteiger partial charge in [-0.3, -0.25) is 0 Å². The molecule has 35 heavy (non-hydrogen) atoms. The number of halogens is 1. The highest BCUT2D eigenvalue weighted by molar-refractivity contribution is 9.10. The molecule has 0 aromatic heterocycles. The van der Waals surface area contributed by atoms with Crippen LogP contribution >= 0.6 is 15.9 Å². The van der Waals surface area contributed by atoms with E-state index in [1.807, 2.05) is 0 Å². The average molecular weight is 534 g/mol. The van der Waals surface area contributed by atoms with Crippen LogP contribution in [0, 0.1) is 0 Å². The van der Waals surface area contributed by atoms with Gasteiger partial charge in [0.25, 0.3) is 0 Å². The Morgan fingerprint density at radius 3 is 1.86 bits per heavy atom. The molecule has 6 rings (SSSR count). The van der Waals surface area contributed by atoms with Crippen LogP contribution in [0.4, 0.5) is 0 Å². The number of fused-ring (bicyclic) bond motifs is 1. The van der Waals surface area contributed by atoms with Gasteiger partial charge in [0.05, 0.1) is 6.61 Å². The summed E-state index contributed by atoms with van der Waals surface area (Å²) in [7, 11) is -2.59. The topological polar surface area (TPSA) is 9.23 Å². The maximum Gasteiger partial charge on any atom is 0.179 e. The molecule has 0 saturated carbocycles. The van der Waals surface area contributed by atoms with E-state index in [1.54, 1.807) is 0 Å². The summed E-state index contributed by atoms with van der Waals surface area (Å²) in [6.45, 7) is 0.761. The molecule has 1 aliphatic rings. The minimum Gasteiger partial charge on any atom is -0.492 e. The van der Waals surface area contributed by atoms with Gasteiger partial charge in [-0.2, -0.15) is 0 Å². The Bertz CT molecular complexity index is 1440. The van der Waals surface area contributed by atoms with Gasteiger partial charge in [-0.25, -0.2) is 0 Å². The Balaban J connectivity index is 1.67. The van der Waals surface area contributed by atoms with Crippen LogP contribution in [-0.4, -0.2) is 14.7 Å². The Hall–Kier alpha value is -3.40. The van der Waals surface area contributed by atoms with Crippen LogP contribution in [0.15, 0.2) is 132 Å². The highest BCUT2D eigenvalue weighted by atomic mass is 79.9. The first kappa shape index (κ1) is 22.1. The van der Waals surface area contributed by atoms with Crippen molar-refractivity contribution >= 4 is 44.8 Å². The van der Waals surface area contributed by atoms with E-state index >= 15 is 0 Å². The molecule has 0 amide bonds. The lowest BCUT2D eigenvalue weighted by Gasteiger charge is -2.35. The van der Waals surface area contributed by atoms with Crippen LogP contribution in [0.3, 0.4) is 0 Å². The molecule has 0 bridgehead atoms. The molecule has 0 atom stereocenters. The van der Waals surface area contributed by atoms with Gasteiger partial charge in [-0.1, -0.05) is 131 Å². The molecule has 0 unspecified atom stereocenters. The summed E-state index contributed by atoms with van der Waals surface area (Å²) in [6.07, 6.45) is 0.980. The van der Waals surface area contributed by atoms with Gasteiger partial charge in [0.15, 0.2) is 8.07 Å². The maximum absolute atomic E-state index is 6.08. The van der Waals surface area contributed by atoms with E-state index in [2.05, 4.69) is 143 Å². The Morgan fingerprint density at radius 2 is 1.17 bits per heavy atom. The quantitative estimate of drug-likeness (QED) is 0.216. The predicted molar refractivity (Wildman–Crippen MR) is 152 cm³/mol. The Kier molecular flexibility index (Phi) is 5.89. The second kappa shape index (κ2) is 9.33. The van der Waals surface area contributed by atoms with Crippen molar-refractivity contribution < 1.29 is 4.74 Å². The van der Waals surface area contributed by atoms with E-state index in [0.29, 0.717) is 0 Å². The van der Waals surface area contributed by atoms with Gasteiger partial charge in [0.1, 0.15) is 5.75 Å². The first-order valence-corrected chi connectivity index (χ1v) is 14.8. The summed E-state index contributed by atoms with van der Waals surface area (Å²) >= 11 is 3.76. The summed E-state index contributed by atoms with van der Waals surface area (Å²) in [5.74, 6) is 1.04. The molecule has 5 aromatic carbocycles. The molecular formula is C32H25BrOSi. The van der Waals surface area contributed by atoms with Crippen molar-refractivity contribution in [3.8, 4) is 16.9 Å². The van der Waals surface area contributed by atoms with Crippen molar-refractivity contribution in [3.63, 3.8) is 0 Å². The third-order valence-electron chi connectivity index (χ3n) is 6.99. The van der Waals surface area contributed by atoms with Crippen molar-refractivity contribution in [2.75, 3.05) is 6.61 Å². The lowest BCUT2D eigenvalue weighted by Crippen LogP contribution is -2.74. The number of para-hydroxylation sites is 1. The Morgan fingerprint density at radius 1 is 0.571 bits per heavy atom. The van der Waals surface area contributed by atoms with Crippen molar-refractivity contribution in [1.29, 1.82) is 0 Å². The first-order valence-electron chi connectivity index (χ1n) is 12.0. The minimum atomic E-state index is -2.59. The molecule has 0 saturated heterocycles. The van der Waals surface area contributed by atoms with Gasteiger partial charge in [0, 0.05) is 16.5 Å². The lowest BCUT2D eigenvalue weighted by atomic mass is 10.0. The normalized spacial score (nSPS) is 12.7. The van der Waals surface area contributed by atoms with Gasteiger partial charge < -0.3 is 4.74 Å². The van der Waals surface area contributed by atoms with Gasteiger partial charge in [-0.05, 0) is 44.0 Å². The summed E-state index contributed by atoms with van der Waals surface area (Å²) in [5, 5.41) is 5.46. The largest absolute Gasteiger partial charge is 0.492 e. The second-order valence-corrected chi connectivity index (χ2v) is 13.7. The molecule has 1 aliphatic heterocycles. The third-order valence-corrected chi connectivity index (χ3v) is 12.2. The molecule has 0 spiro atoms. The number of ether oxygens (including phenoxy) is 1. The number of benzene rings is 5. The smallest absolute Gasteiger partial charge is 0.179 e. The van der Waals surface area contributed by atoms with Crippen molar-refractivity contribution in [2.45, 2.75) is 6.42 Å². The van der Waals surface area contributed by atoms with E-state index in [1.165, 1.54) is 37.4 Å². The molecular weight excluding hydrogens is 508 g/mol. The molecule has 170 valence electrons. The number of hydrogen-bond donors (Lipinski definition) is 0. The molecule has 0 N–H and O–H groups in total. The average Bonchev–Trinajstić information content (AvgIpc) is 3.40. The highest BCUT2D eigenvalue weighted by Gasteiger charge is 2.41. The fourth-order valence-electron chi connectivity index (χ4n) is 5.46. The molecule has 3 heteroatoms. The summed E-state index contributed by atoms with van der Waals surface area (Å²) in [5.41, 5.74) is 3.69. The molecule has 0 radical (unpaired) electrons. The highest BCUT2D eigenvalue weighted by Crippen LogP contribution is 2.36. The van der Waals surface area contributed by atoms with Crippen LogP contribution in [0.5, 0.6) is 5.75 Å². The predicted octanol–water partition coefficient (Wildman–Crippen LogP) is 5.43. The fraction of sp³-hybridized carbons (Fsp3) is 0.0625. The zero-order chi connectivity index (χ0) is 23.7. The van der Waals surface area contributed by atoms with Crippen LogP contribution < -0.4 is 25.5 Å². The minimum absolute atomic E-state index is 0.761. The molecule has 5 aromatic rings. The van der Waals surface area contributed by atoms with E-state index in [0.717, 1.165) is 23.2 Å². The third kappa shape index (κ3) is 3.85. The number of rotatable bonds is 5. The van der Waals surface area contributed by atoms with Crippen molar-refractivity contribution in [2.24, 2.45) is 0 Å². The molecule has 0 aliphatic carbocycles. The van der Waals surface area contributed by atoms with Crippen molar-refractivity contribution in [1.82, 2.24) is 0 Å². The fourth-order valence-corrected chi connectivity index (χ4v) is 10.9. The van der Waals surface area contributed by atoms with Crippen LogP contribution in [0.1, 0.15) is 5.56 Å². The standard InChI is InChI=1S/C32H25BrOSi/c33-26-12-9-18-30(23-26)35(27-13-3-1-4-14-27,28-15-5-2-6-16-28)29-17-7-11-25(22-29)31-19-8-10-24-20-21-34-32(24)31/h1-19,22-23H,20-21H2. The SMILES string of the molecule is Brc1cccc([Si](c2ccccc2)(c2ccccc2)c2cccc(-c3cccc4c3OCC4)c2)c1. The van der Waals surface area contributed by atoms with E-state index < -0.39 is 8.07 Å². The van der Waals surface area contributed by atoms with E-state index in [-0.39, 0.29) is 0 Å². The second-order valence-electron chi connectivity index (χ2n) is 8.97. The van der Waals surface area contributed by atoms with E-state index in [4.69, 9.17) is 4.74 Å². The van der Waals surface area contributed by atoms with Crippen molar-refractivity contribution in [3.05, 3.63) is 137 Å². The van der Waals surface area contributed by atoms with E-state index in [9.17, 15) is 0 Å². The summed E-state index contributed by atoms with van der Waals surface area (Å²) in [6, 6.07) is 46.7. The zero-order valence-electron chi connectivity index (χ0n) is 19.3. The van der Waals surface area contributed by atoms with Gasteiger partial charge >= 0.3 is 0 Å². The monoisotopic (exact) mass is 532 g/mol. The summed E-state index contributed by atoms with van der Waals surface area (Å²) < 4.78 is 7.19. The van der Waals surface area contributed by atoms with Crippen LogP contribution in [0.2, 0.25) is 0 Å². The molecule has 1 nitrogen and oxygen atoms in total.